The van der Waals surface area contributed by atoms with Crippen molar-refractivity contribution in [3.05, 3.63) is 21.9 Å². The predicted octanol–water partition coefficient (Wildman–Crippen LogP) is 3.25. The number of halogens is 1. The first-order valence-electron chi connectivity index (χ1n) is 3.40. The molecule has 11 heavy (non-hydrogen) atoms. The molecule has 1 heterocycles. The Morgan fingerprint density at radius 3 is 2.64 bits per heavy atom. The summed E-state index contributed by atoms with van der Waals surface area (Å²) in [5.41, 5.74) is 1.05. The lowest BCUT2D eigenvalue weighted by atomic mass is 10.1. The number of carbonyl (C=O) groups is 1. The van der Waals surface area contributed by atoms with E-state index in [1.807, 2.05) is 25.3 Å². The van der Waals surface area contributed by atoms with Gasteiger partial charge >= 0.3 is 0 Å². The fraction of sp³-hybridized carbons (Fsp3) is 0.375. The summed E-state index contributed by atoms with van der Waals surface area (Å²) in [5.74, 6) is 0.374. The topological polar surface area (TPSA) is 17.1 Å². The molecule has 3 heteroatoms. The van der Waals surface area contributed by atoms with Gasteiger partial charge in [0, 0.05) is 0 Å². The van der Waals surface area contributed by atoms with Crippen LogP contribution in [0.2, 0.25) is 0 Å². The van der Waals surface area contributed by atoms with Crippen LogP contribution >= 0.6 is 22.9 Å². The van der Waals surface area contributed by atoms with Crippen LogP contribution in [-0.4, -0.2) is 5.24 Å². The molecule has 0 aliphatic carbocycles. The lowest BCUT2D eigenvalue weighted by Gasteiger charge is -2.01. The van der Waals surface area contributed by atoms with Crippen molar-refractivity contribution < 1.29 is 4.79 Å². The lowest BCUT2D eigenvalue weighted by molar-refractivity contribution is 0.108. The summed E-state index contributed by atoms with van der Waals surface area (Å²) < 4.78 is 0. The number of thiophene rings is 1. The molecule has 60 valence electrons. The van der Waals surface area contributed by atoms with Gasteiger partial charge in [-0.2, -0.15) is 0 Å². The van der Waals surface area contributed by atoms with Gasteiger partial charge in [-0.15, -0.1) is 11.3 Å². The molecular weight excluding hydrogens is 180 g/mol. The second-order valence-corrected chi connectivity index (χ2v) is 3.89. The van der Waals surface area contributed by atoms with Crippen molar-refractivity contribution in [3.63, 3.8) is 0 Å². The molecule has 0 aromatic carbocycles. The van der Waals surface area contributed by atoms with Gasteiger partial charge in [-0.3, -0.25) is 4.79 Å². The van der Waals surface area contributed by atoms with E-state index in [2.05, 4.69) is 0 Å². The minimum atomic E-state index is -0.344. The van der Waals surface area contributed by atoms with Gasteiger partial charge in [-0.25, -0.2) is 0 Å². The van der Waals surface area contributed by atoms with Gasteiger partial charge in [-0.05, 0) is 34.5 Å². The summed E-state index contributed by atoms with van der Waals surface area (Å²) in [5, 5.41) is 1.55. The van der Waals surface area contributed by atoms with Crippen LogP contribution < -0.4 is 0 Å². The number of hydrogen-bond acceptors (Lipinski definition) is 2. The molecule has 0 atom stereocenters. The molecule has 0 spiro atoms. The van der Waals surface area contributed by atoms with Crippen LogP contribution in [-0.2, 0) is 0 Å². The molecule has 0 aliphatic heterocycles. The van der Waals surface area contributed by atoms with E-state index >= 15 is 0 Å². The third-order valence-electron chi connectivity index (χ3n) is 1.50. The first kappa shape index (κ1) is 8.75. The van der Waals surface area contributed by atoms with E-state index < -0.39 is 0 Å². The van der Waals surface area contributed by atoms with E-state index in [0.29, 0.717) is 10.8 Å². The number of hydrogen-bond donors (Lipinski definition) is 0. The monoisotopic (exact) mass is 188 g/mol. The summed E-state index contributed by atoms with van der Waals surface area (Å²) in [6.45, 7) is 4.09. The normalized spacial score (nSPS) is 10.5. The maximum absolute atomic E-state index is 10.8. The van der Waals surface area contributed by atoms with E-state index in [9.17, 15) is 4.79 Å². The standard InChI is InChI=1S/C8H9ClOS/c1-5(2)6-3-4-11-7(6)8(9)10/h3-5H,1-2H3. The molecule has 1 rings (SSSR count). The predicted molar refractivity (Wildman–Crippen MR) is 48.6 cm³/mol. The molecule has 0 unspecified atom stereocenters. The van der Waals surface area contributed by atoms with E-state index in [4.69, 9.17) is 11.6 Å². The van der Waals surface area contributed by atoms with Crippen molar-refractivity contribution in [1.82, 2.24) is 0 Å². The zero-order chi connectivity index (χ0) is 8.43. The largest absolute Gasteiger partial charge is 0.275 e. The zero-order valence-electron chi connectivity index (χ0n) is 6.43. The Labute approximate surface area is 75.0 Å². The van der Waals surface area contributed by atoms with Gasteiger partial charge in [0.2, 0.25) is 0 Å². The average Bonchev–Trinajstić information content (AvgIpc) is 2.32. The smallest absolute Gasteiger partial charge is 0.262 e. The Morgan fingerprint density at radius 2 is 2.27 bits per heavy atom. The van der Waals surface area contributed by atoms with E-state index in [-0.39, 0.29) is 5.24 Å². The zero-order valence-corrected chi connectivity index (χ0v) is 8.00. The van der Waals surface area contributed by atoms with Crippen molar-refractivity contribution in [2.75, 3.05) is 0 Å². The van der Waals surface area contributed by atoms with Crippen LogP contribution in [0.3, 0.4) is 0 Å². The molecule has 1 nitrogen and oxygen atoms in total. The molecule has 0 aliphatic rings. The van der Waals surface area contributed by atoms with Gasteiger partial charge in [-0.1, -0.05) is 13.8 Å². The van der Waals surface area contributed by atoms with Gasteiger partial charge in [0.15, 0.2) is 0 Å². The molecular formula is C8H9ClOS. The fourth-order valence-corrected chi connectivity index (χ4v) is 2.06. The third kappa shape index (κ3) is 1.82. The Kier molecular flexibility index (Phi) is 2.68. The van der Waals surface area contributed by atoms with Gasteiger partial charge in [0.1, 0.15) is 0 Å². The second kappa shape index (κ2) is 3.37. The molecule has 0 fully saturated rings. The molecule has 0 saturated heterocycles. The molecule has 0 saturated carbocycles. The number of rotatable bonds is 2. The SMILES string of the molecule is CC(C)c1ccsc1C(=O)Cl. The maximum Gasteiger partial charge on any atom is 0.262 e. The molecule has 0 radical (unpaired) electrons. The lowest BCUT2D eigenvalue weighted by Crippen LogP contribution is -1.92. The van der Waals surface area contributed by atoms with Crippen LogP contribution in [0.4, 0.5) is 0 Å². The Bertz CT molecular complexity index is 265. The van der Waals surface area contributed by atoms with Crippen LogP contribution in [0.5, 0.6) is 0 Å². The Balaban J connectivity index is 3.06. The Morgan fingerprint density at radius 1 is 1.64 bits per heavy atom. The number of carbonyl (C=O) groups excluding carboxylic acids is 1. The summed E-state index contributed by atoms with van der Waals surface area (Å²) >= 11 is 6.77. The molecule has 1 aromatic heterocycles. The van der Waals surface area contributed by atoms with Crippen LogP contribution in [0.15, 0.2) is 11.4 Å². The second-order valence-electron chi connectivity index (χ2n) is 2.63. The van der Waals surface area contributed by atoms with Crippen molar-refractivity contribution in [1.29, 1.82) is 0 Å². The van der Waals surface area contributed by atoms with E-state index in [1.54, 1.807) is 0 Å². The summed E-state index contributed by atoms with van der Waals surface area (Å²) in [4.78, 5) is 11.5. The van der Waals surface area contributed by atoms with Gasteiger partial charge in [0.25, 0.3) is 5.24 Å². The molecule has 0 bridgehead atoms. The minimum Gasteiger partial charge on any atom is -0.275 e. The third-order valence-corrected chi connectivity index (χ3v) is 2.73. The van der Waals surface area contributed by atoms with Crippen molar-refractivity contribution in [2.24, 2.45) is 0 Å². The van der Waals surface area contributed by atoms with Gasteiger partial charge in [0.05, 0.1) is 4.88 Å². The minimum absolute atomic E-state index is 0.344. The van der Waals surface area contributed by atoms with Crippen LogP contribution in [0.1, 0.15) is 35.0 Å². The van der Waals surface area contributed by atoms with Crippen LogP contribution in [0, 0.1) is 0 Å². The highest BCUT2D eigenvalue weighted by molar-refractivity contribution is 7.14. The summed E-state index contributed by atoms with van der Waals surface area (Å²) in [7, 11) is 0. The highest BCUT2D eigenvalue weighted by Gasteiger charge is 2.12. The Hall–Kier alpha value is -0.340. The van der Waals surface area contributed by atoms with Crippen LogP contribution in [0.25, 0.3) is 0 Å². The van der Waals surface area contributed by atoms with E-state index in [0.717, 1.165) is 5.56 Å². The summed E-state index contributed by atoms with van der Waals surface area (Å²) in [6, 6.07) is 1.95. The molecule has 0 amide bonds. The van der Waals surface area contributed by atoms with E-state index in [1.165, 1.54) is 11.3 Å². The quantitative estimate of drug-likeness (QED) is 0.652. The highest BCUT2D eigenvalue weighted by atomic mass is 35.5. The molecule has 1 aromatic rings. The van der Waals surface area contributed by atoms with Gasteiger partial charge < -0.3 is 0 Å². The van der Waals surface area contributed by atoms with Crippen molar-refractivity contribution >= 4 is 28.2 Å². The summed E-state index contributed by atoms with van der Waals surface area (Å²) in [6.07, 6.45) is 0. The molecule has 0 N–H and O–H groups in total. The fourth-order valence-electron chi connectivity index (χ4n) is 0.934. The first-order valence-corrected chi connectivity index (χ1v) is 4.66. The first-order chi connectivity index (χ1) is 5.13. The highest BCUT2D eigenvalue weighted by Crippen LogP contribution is 2.25. The maximum atomic E-state index is 10.8. The van der Waals surface area contributed by atoms with Crippen molar-refractivity contribution in [3.8, 4) is 0 Å². The average molecular weight is 189 g/mol. The van der Waals surface area contributed by atoms with Crippen molar-refractivity contribution in [2.45, 2.75) is 19.8 Å².